The van der Waals surface area contributed by atoms with Crippen molar-refractivity contribution < 1.29 is 0 Å². The summed E-state index contributed by atoms with van der Waals surface area (Å²) in [6.45, 7) is 2.12. The van der Waals surface area contributed by atoms with Gasteiger partial charge in [-0.2, -0.15) is 0 Å². The van der Waals surface area contributed by atoms with Crippen LogP contribution < -0.4 is 11.3 Å². The molecule has 0 spiro atoms. The standard InChI is InChI=1S/C11H17N3/c1-9-5-3-4-6-10(9)7-8-11(13-2)14-12/h3-6H,7-8,12H2,1-2H3,(H,13,14). The molecule has 3 nitrogen and oxygen atoms in total. The molecule has 0 amide bonds. The smallest absolute Gasteiger partial charge is 0.110 e. The summed E-state index contributed by atoms with van der Waals surface area (Å²) < 4.78 is 0. The summed E-state index contributed by atoms with van der Waals surface area (Å²) in [7, 11) is 1.74. The second kappa shape index (κ2) is 5.40. The van der Waals surface area contributed by atoms with Crippen LogP contribution in [0.1, 0.15) is 17.5 Å². The van der Waals surface area contributed by atoms with Crippen LogP contribution in [0.4, 0.5) is 0 Å². The molecule has 0 radical (unpaired) electrons. The van der Waals surface area contributed by atoms with Gasteiger partial charge in [-0.1, -0.05) is 24.3 Å². The molecule has 1 aromatic carbocycles. The first-order valence-corrected chi connectivity index (χ1v) is 4.74. The zero-order chi connectivity index (χ0) is 10.4. The molecule has 3 N–H and O–H groups in total. The van der Waals surface area contributed by atoms with Crippen molar-refractivity contribution in [3.05, 3.63) is 35.4 Å². The maximum absolute atomic E-state index is 5.30. The SMILES string of the molecule is CN=C(CCc1ccccc1C)NN. The first-order valence-electron chi connectivity index (χ1n) is 4.74. The van der Waals surface area contributed by atoms with Crippen LogP contribution in [0.5, 0.6) is 0 Å². The van der Waals surface area contributed by atoms with E-state index in [1.54, 1.807) is 7.05 Å². The van der Waals surface area contributed by atoms with Gasteiger partial charge < -0.3 is 5.43 Å². The van der Waals surface area contributed by atoms with Gasteiger partial charge in [0, 0.05) is 13.5 Å². The molecule has 0 atom stereocenters. The van der Waals surface area contributed by atoms with E-state index < -0.39 is 0 Å². The molecule has 0 aromatic heterocycles. The molecule has 0 unspecified atom stereocenters. The number of rotatable bonds is 3. The van der Waals surface area contributed by atoms with Crippen LogP contribution in [0.3, 0.4) is 0 Å². The number of benzene rings is 1. The summed E-state index contributed by atoms with van der Waals surface area (Å²) in [4.78, 5) is 4.03. The summed E-state index contributed by atoms with van der Waals surface area (Å²) in [6, 6.07) is 8.36. The first-order chi connectivity index (χ1) is 6.77. The van der Waals surface area contributed by atoms with E-state index in [0.29, 0.717) is 0 Å². The maximum atomic E-state index is 5.30. The molecule has 0 bridgehead atoms. The highest BCUT2D eigenvalue weighted by atomic mass is 15.2. The molecule has 0 aliphatic carbocycles. The molecule has 3 heteroatoms. The van der Waals surface area contributed by atoms with E-state index in [9.17, 15) is 0 Å². The van der Waals surface area contributed by atoms with Crippen molar-refractivity contribution in [2.45, 2.75) is 19.8 Å². The second-order valence-corrected chi connectivity index (χ2v) is 3.24. The Labute approximate surface area is 85.0 Å². The van der Waals surface area contributed by atoms with E-state index in [-0.39, 0.29) is 0 Å². The van der Waals surface area contributed by atoms with Crippen molar-refractivity contribution in [2.24, 2.45) is 10.8 Å². The molecular formula is C11H17N3. The van der Waals surface area contributed by atoms with Gasteiger partial charge >= 0.3 is 0 Å². The van der Waals surface area contributed by atoms with Crippen LogP contribution in [0.25, 0.3) is 0 Å². The minimum absolute atomic E-state index is 0.841. The molecular weight excluding hydrogens is 174 g/mol. The average molecular weight is 191 g/mol. The van der Waals surface area contributed by atoms with Gasteiger partial charge in [0.25, 0.3) is 0 Å². The van der Waals surface area contributed by atoms with Crippen LogP contribution in [-0.2, 0) is 6.42 Å². The molecule has 14 heavy (non-hydrogen) atoms. The lowest BCUT2D eigenvalue weighted by Gasteiger charge is -2.06. The minimum Gasteiger partial charge on any atom is -0.312 e. The van der Waals surface area contributed by atoms with Gasteiger partial charge in [-0.05, 0) is 24.5 Å². The highest BCUT2D eigenvalue weighted by Crippen LogP contribution is 2.09. The summed E-state index contributed by atoms with van der Waals surface area (Å²) in [6.07, 6.45) is 1.83. The van der Waals surface area contributed by atoms with E-state index in [1.807, 2.05) is 0 Å². The van der Waals surface area contributed by atoms with Crippen molar-refractivity contribution in [2.75, 3.05) is 7.05 Å². The molecule has 0 saturated carbocycles. The van der Waals surface area contributed by atoms with E-state index in [4.69, 9.17) is 5.84 Å². The van der Waals surface area contributed by atoms with Crippen LogP contribution in [0, 0.1) is 6.92 Å². The quantitative estimate of drug-likeness (QED) is 0.328. The van der Waals surface area contributed by atoms with Crippen molar-refractivity contribution in [1.29, 1.82) is 0 Å². The minimum atomic E-state index is 0.841. The van der Waals surface area contributed by atoms with Crippen molar-refractivity contribution in [1.82, 2.24) is 5.43 Å². The van der Waals surface area contributed by atoms with Crippen molar-refractivity contribution in [3.63, 3.8) is 0 Å². The van der Waals surface area contributed by atoms with E-state index in [1.165, 1.54) is 11.1 Å². The highest BCUT2D eigenvalue weighted by Gasteiger charge is 1.99. The third kappa shape index (κ3) is 2.85. The van der Waals surface area contributed by atoms with Gasteiger partial charge in [-0.25, -0.2) is 5.84 Å². The summed E-state index contributed by atoms with van der Waals surface area (Å²) >= 11 is 0. The number of hydrogen-bond donors (Lipinski definition) is 2. The largest absolute Gasteiger partial charge is 0.312 e. The fourth-order valence-electron chi connectivity index (χ4n) is 1.39. The van der Waals surface area contributed by atoms with Crippen LogP contribution in [0.15, 0.2) is 29.3 Å². The lowest BCUT2D eigenvalue weighted by molar-refractivity contribution is 0.918. The van der Waals surface area contributed by atoms with Gasteiger partial charge in [0.05, 0.1) is 0 Å². The number of aryl methyl sites for hydroxylation is 2. The number of nitrogens with two attached hydrogens (primary N) is 1. The number of hydrogen-bond acceptors (Lipinski definition) is 2. The average Bonchev–Trinajstić information content (AvgIpc) is 2.22. The first kappa shape index (κ1) is 10.7. The van der Waals surface area contributed by atoms with E-state index >= 15 is 0 Å². The molecule has 1 aromatic rings. The number of nitrogens with one attached hydrogen (secondary N) is 1. The van der Waals surface area contributed by atoms with Gasteiger partial charge in [-0.15, -0.1) is 0 Å². The summed E-state index contributed by atoms with van der Waals surface area (Å²) in [5.74, 6) is 6.15. The highest BCUT2D eigenvalue weighted by molar-refractivity contribution is 5.81. The van der Waals surface area contributed by atoms with E-state index in [0.717, 1.165) is 18.7 Å². The Morgan fingerprint density at radius 1 is 1.43 bits per heavy atom. The predicted octanol–water partition coefficient (Wildman–Crippen LogP) is 1.42. The van der Waals surface area contributed by atoms with E-state index in [2.05, 4.69) is 41.6 Å². The molecule has 0 aliphatic heterocycles. The Balaban J connectivity index is 2.58. The lowest BCUT2D eigenvalue weighted by atomic mass is 10.0. The third-order valence-corrected chi connectivity index (χ3v) is 2.33. The molecule has 0 aliphatic rings. The van der Waals surface area contributed by atoms with Crippen molar-refractivity contribution in [3.8, 4) is 0 Å². The predicted molar refractivity (Wildman–Crippen MR) is 60.2 cm³/mol. The zero-order valence-electron chi connectivity index (χ0n) is 8.75. The monoisotopic (exact) mass is 191 g/mol. The zero-order valence-corrected chi connectivity index (χ0v) is 8.75. The lowest BCUT2D eigenvalue weighted by Crippen LogP contribution is -2.30. The summed E-state index contributed by atoms with van der Waals surface area (Å²) in [5, 5.41) is 0. The number of hydrazine groups is 1. The van der Waals surface area contributed by atoms with Gasteiger partial charge in [0.15, 0.2) is 0 Å². The normalized spacial score (nSPS) is 11.5. The van der Waals surface area contributed by atoms with Gasteiger partial charge in [0.2, 0.25) is 0 Å². The number of aliphatic imine (C=N–C) groups is 1. The topological polar surface area (TPSA) is 50.4 Å². The fourth-order valence-corrected chi connectivity index (χ4v) is 1.39. The Bertz CT molecular complexity index is 318. The molecule has 0 saturated heterocycles. The molecule has 1 rings (SSSR count). The number of amidine groups is 1. The third-order valence-electron chi connectivity index (χ3n) is 2.33. The molecule has 0 heterocycles. The van der Waals surface area contributed by atoms with Gasteiger partial charge in [0.1, 0.15) is 5.84 Å². The Kier molecular flexibility index (Phi) is 4.13. The van der Waals surface area contributed by atoms with Crippen LogP contribution in [0.2, 0.25) is 0 Å². The Morgan fingerprint density at radius 3 is 2.71 bits per heavy atom. The number of nitrogens with zero attached hydrogens (tertiary/aromatic N) is 1. The van der Waals surface area contributed by atoms with Crippen molar-refractivity contribution >= 4 is 5.84 Å². The molecule has 76 valence electrons. The van der Waals surface area contributed by atoms with Crippen LogP contribution >= 0.6 is 0 Å². The fraction of sp³-hybridized carbons (Fsp3) is 0.364. The Hall–Kier alpha value is -1.35. The Morgan fingerprint density at radius 2 is 2.14 bits per heavy atom. The molecule has 0 fully saturated rings. The second-order valence-electron chi connectivity index (χ2n) is 3.24. The summed E-state index contributed by atoms with van der Waals surface area (Å²) in [5.41, 5.74) is 5.26. The van der Waals surface area contributed by atoms with Crippen LogP contribution in [-0.4, -0.2) is 12.9 Å². The van der Waals surface area contributed by atoms with Gasteiger partial charge in [-0.3, -0.25) is 4.99 Å². The maximum Gasteiger partial charge on any atom is 0.110 e.